The molecule has 1 aromatic rings. The quantitative estimate of drug-likeness (QED) is 0.396. The van der Waals surface area contributed by atoms with Crippen LogP contribution < -0.4 is 16.0 Å². The molecule has 64 valence electrons. The zero-order chi connectivity index (χ0) is 8.97. The number of nitrogen functional groups attached to an aromatic ring is 1. The molecule has 0 heterocycles. The molecule has 3 N–H and O–H groups in total. The molecule has 0 spiro atoms. The molecule has 0 saturated heterocycles. The van der Waals surface area contributed by atoms with Crippen LogP contribution in [0.25, 0.3) is 0 Å². The van der Waals surface area contributed by atoms with Crippen molar-refractivity contribution < 1.29 is 9.53 Å². The van der Waals surface area contributed by atoms with Crippen LogP contribution in [0.5, 0.6) is 5.75 Å². The molecule has 0 saturated carbocycles. The van der Waals surface area contributed by atoms with Crippen LogP contribution in [0, 0.1) is 0 Å². The summed E-state index contributed by atoms with van der Waals surface area (Å²) in [6.45, 7) is 0. The van der Waals surface area contributed by atoms with Crippen LogP contribution in [0.1, 0.15) is 10.4 Å². The number of para-hydroxylation sites is 1. The Morgan fingerprint density at radius 3 is 2.83 bits per heavy atom. The van der Waals surface area contributed by atoms with E-state index in [-0.39, 0.29) is 0 Å². The lowest BCUT2D eigenvalue weighted by Crippen LogP contribution is -2.10. The highest BCUT2D eigenvalue weighted by Gasteiger charge is 2.05. The zero-order valence-electron chi connectivity index (χ0n) is 6.70. The number of benzene rings is 1. The summed E-state index contributed by atoms with van der Waals surface area (Å²) in [4.78, 5) is 10.5. The van der Waals surface area contributed by atoms with E-state index in [0.29, 0.717) is 17.0 Å². The van der Waals surface area contributed by atoms with Gasteiger partial charge in [-0.15, -0.1) is 0 Å². The minimum atomic E-state index is 0.483. The molecule has 12 heavy (non-hydrogen) atoms. The van der Waals surface area contributed by atoms with E-state index in [4.69, 9.17) is 10.6 Å². The van der Waals surface area contributed by atoms with Crippen molar-refractivity contribution in [2.45, 2.75) is 0 Å². The van der Waals surface area contributed by atoms with Gasteiger partial charge in [0.25, 0.3) is 0 Å². The van der Waals surface area contributed by atoms with Gasteiger partial charge in [-0.3, -0.25) is 10.6 Å². The van der Waals surface area contributed by atoms with E-state index in [1.165, 1.54) is 7.11 Å². The van der Waals surface area contributed by atoms with Gasteiger partial charge in [-0.25, -0.2) is 0 Å². The molecule has 0 unspecified atom stereocenters. The maximum absolute atomic E-state index is 10.5. The topological polar surface area (TPSA) is 64.3 Å². The van der Waals surface area contributed by atoms with Crippen molar-refractivity contribution >= 4 is 12.0 Å². The summed E-state index contributed by atoms with van der Waals surface area (Å²) in [5.41, 5.74) is 3.40. The maximum Gasteiger partial charge on any atom is 0.152 e. The lowest BCUT2D eigenvalue weighted by molar-refractivity contribution is 0.112. The number of carbonyl (C=O) groups is 1. The Bertz CT molecular complexity index is 286. The summed E-state index contributed by atoms with van der Waals surface area (Å²) < 4.78 is 4.98. The number of ether oxygens (including phenoxy) is 1. The minimum Gasteiger partial charge on any atom is -0.495 e. The number of hydrogen-bond donors (Lipinski definition) is 2. The number of anilines is 1. The second-order valence-corrected chi connectivity index (χ2v) is 2.19. The number of rotatable bonds is 3. The van der Waals surface area contributed by atoms with Gasteiger partial charge in [0, 0.05) is 5.56 Å². The summed E-state index contributed by atoms with van der Waals surface area (Å²) in [6.07, 6.45) is 0.720. The smallest absolute Gasteiger partial charge is 0.152 e. The molecule has 0 fully saturated rings. The normalized spacial score (nSPS) is 9.17. The van der Waals surface area contributed by atoms with E-state index in [0.717, 1.165) is 6.29 Å². The van der Waals surface area contributed by atoms with E-state index in [1.807, 2.05) is 0 Å². The molecular formula is C8H10N2O2. The van der Waals surface area contributed by atoms with Crippen LogP contribution in [0.15, 0.2) is 18.2 Å². The van der Waals surface area contributed by atoms with Gasteiger partial charge in [0.1, 0.15) is 11.4 Å². The summed E-state index contributed by atoms with van der Waals surface area (Å²) in [5.74, 6) is 5.77. The summed E-state index contributed by atoms with van der Waals surface area (Å²) >= 11 is 0. The highest BCUT2D eigenvalue weighted by Crippen LogP contribution is 2.25. The third-order valence-electron chi connectivity index (χ3n) is 1.55. The molecule has 0 bridgehead atoms. The standard InChI is InChI=1S/C8H10N2O2/c1-12-7-4-2-3-6(5-11)8(7)10-9/h2-5,10H,9H2,1H3. The first-order valence-corrected chi connectivity index (χ1v) is 3.42. The molecule has 4 heteroatoms. The average molecular weight is 166 g/mol. The number of methoxy groups -OCH3 is 1. The molecule has 0 atom stereocenters. The molecule has 0 aromatic heterocycles. The molecule has 1 aromatic carbocycles. The summed E-state index contributed by atoms with van der Waals surface area (Å²) in [6, 6.07) is 5.11. The Morgan fingerprint density at radius 2 is 2.33 bits per heavy atom. The van der Waals surface area contributed by atoms with Gasteiger partial charge in [-0.05, 0) is 12.1 Å². The van der Waals surface area contributed by atoms with Gasteiger partial charge in [-0.2, -0.15) is 0 Å². The van der Waals surface area contributed by atoms with Crippen molar-refractivity contribution in [3.05, 3.63) is 23.8 Å². The first kappa shape index (κ1) is 8.55. The van der Waals surface area contributed by atoms with E-state index < -0.39 is 0 Å². The monoisotopic (exact) mass is 166 g/mol. The molecule has 0 amide bonds. The van der Waals surface area contributed by atoms with Crippen molar-refractivity contribution in [2.24, 2.45) is 5.84 Å². The Morgan fingerprint density at radius 1 is 1.58 bits per heavy atom. The molecule has 0 aliphatic rings. The fourth-order valence-electron chi connectivity index (χ4n) is 0.971. The summed E-state index contributed by atoms with van der Waals surface area (Å²) in [5, 5.41) is 0. The van der Waals surface area contributed by atoms with Crippen LogP contribution in [0.4, 0.5) is 5.69 Å². The number of aldehydes is 1. The van der Waals surface area contributed by atoms with E-state index >= 15 is 0 Å². The van der Waals surface area contributed by atoms with Crippen LogP contribution in [0.3, 0.4) is 0 Å². The highest BCUT2D eigenvalue weighted by atomic mass is 16.5. The number of carbonyl (C=O) groups excluding carboxylic acids is 1. The van der Waals surface area contributed by atoms with Gasteiger partial charge in [0.05, 0.1) is 7.11 Å². The molecule has 0 aliphatic carbocycles. The van der Waals surface area contributed by atoms with Crippen LogP contribution >= 0.6 is 0 Å². The number of hydrogen-bond acceptors (Lipinski definition) is 4. The number of nitrogens with two attached hydrogens (primary N) is 1. The van der Waals surface area contributed by atoms with Crippen molar-refractivity contribution in [3.63, 3.8) is 0 Å². The van der Waals surface area contributed by atoms with E-state index in [9.17, 15) is 4.79 Å². The Kier molecular flexibility index (Phi) is 2.66. The number of nitrogens with one attached hydrogen (secondary N) is 1. The first-order valence-electron chi connectivity index (χ1n) is 3.42. The molecule has 4 nitrogen and oxygen atoms in total. The van der Waals surface area contributed by atoms with E-state index in [1.54, 1.807) is 18.2 Å². The number of hydrazine groups is 1. The fraction of sp³-hybridized carbons (Fsp3) is 0.125. The lowest BCUT2D eigenvalue weighted by Gasteiger charge is -2.08. The molecule has 1 rings (SSSR count). The van der Waals surface area contributed by atoms with Crippen LogP contribution in [-0.4, -0.2) is 13.4 Å². The predicted octanol–water partition coefficient (Wildman–Crippen LogP) is 0.793. The predicted molar refractivity (Wildman–Crippen MR) is 46.2 cm³/mol. The second kappa shape index (κ2) is 3.73. The van der Waals surface area contributed by atoms with Crippen molar-refractivity contribution in [1.82, 2.24) is 0 Å². The Hall–Kier alpha value is -1.55. The fourth-order valence-corrected chi connectivity index (χ4v) is 0.971. The Balaban J connectivity index is 3.21. The van der Waals surface area contributed by atoms with E-state index in [2.05, 4.69) is 5.43 Å². The SMILES string of the molecule is COc1cccc(C=O)c1NN. The van der Waals surface area contributed by atoms with Crippen molar-refractivity contribution in [3.8, 4) is 5.75 Å². The zero-order valence-corrected chi connectivity index (χ0v) is 6.70. The molecular weight excluding hydrogens is 156 g/mol. The van der Waals surface area contributed by atoms with Gasteiger partial charge in [0.2, 0.25) is 0 Å². The first-order chi connectivity index (χ1) is 5.83. The van der Waals surface area contributed by atoms with Crippen molar-refractivity contribution in [2.75, 3.05) is 12.5 Å². The molecule has 0 aliphatic heterocycles. The second-order valence-electron chi connectivity index (χ2n) is 2.19. The van der Waals surface area contributed by atoms with Gasteiger partial charge >= 0.3 is 0 Å². The lowest BCUT2D eigenvalue weighted by atomic mass is 10.2. The van der Waals surface area contributed by atoms with Gasteiger partial charge in [0.15, 0.2) is 6.29 Å². The highest BCUT2D eigenvalue weighted by molar-refractivity contribution is 5.86. The summed E-state index contributed by atoms with van der Waals surface area (Å²) in [7, 11) is 1.52. The minimum absolute atomic E-state index is 0.483. The maximum atomic E-state index is 10.5. The third-order valence-corrected chi connectivity index (χ3v) is 1.55. The van der Waals surface area contributed by atoms with Gasteiger partial charge < -0.3 is 10.2 Å². The molecule has 0 radical (unpaired) electrons. The van der Waals surface area contributed by atoms with Crippen LogP contribution in [0.2, 0.25) is 0 Å². The largest absolute Gasteiger partial charge is 0.495 e. The average Bonchev–Trinajstić information content (AvgIpc) is 2.16. The van der Waals surface area contributed by atoms with Gasteiger partial charge in [-0.1, -0.05) is 6.07 Å². The van der Waals surface area contributed by atoms with Crippen LogP contribution in [-0.2, 0) is 0 Å². The Labute approximate surface area is 70.3 Å². The third kappa shape index (κ3) is 1.38. The van der Waals surface area contributed by atoms with Crippen molar-refractivity contribution in [1.29, 1.82) is 0 Å².